The van der Waals surface area contributed by atoms with E-state index in [0.717, 1.165) is 13.8 Å². The van der Waals surface area contributed by atoms with Crippen molar-refractivity contribution in [2.45, 2.75) is 13.8 Å². The number of hydrogen-bond donors (Lipinski definition) is 0. The van der Waals surface area contributed by atoms with Crippen molar-refractivity contribution in [2.75, 3.05) is 0 Å². The van der Waals surface area contributed by atoms with Crippen LogP contribution in [0.3, 0.4) is 0 Å². The van der Waals surface area contributed by atoms with Gasteiger partial charge in [-0.2, -0.15) is 0 Å². The number of ketones is 2. The Bertz CT molecular complexity index is 420. The molecule has 0 saturated carbocycles. The largest absolute Gasteiger partial charge is 0.294 e. The Morgan fingerprint density at radius 2 is 0.875 bits per heavy atom. The highest BCUT2D eigenvalue weighted by Crippen LogP contribution is 2.24. The first-order valence-electron chi connectivity index (χ1n) is 4.16. The van der Waals surface area contributed by atoms with Crippen molar-refractivity contribution in [3.05, 3.63) is 34.4 Å². The molecule has 0 amide bonds. The van der Waals surface area contributed by atoms with Crippen molar-refractivity contribution in [2.24, 2.45) is 0 Å². The molecule has 0 aliphatic carbocycles. The lowest BCUT2D eigenvalue weighted by Crippen LogP contribution is -2.13. The molecule has 2 nitrogen and oxygen atoms in total. The van der Waals surface area contributed by atoms with Crippen LogP contribution in [0.2, 0.25) is 0 Å². The molecule has 86 valence electrons. The van der Waals surface area contributed by atoms with Crippen LogP contribution in [0.4, 0.5) is 17.6 Å². The minimum Gasteiger partial charge on any atom is -0.294 e. The lowest BCUT2D eigenvalue weighted by Gasteiger charge is -2.07. The topological polar surface area (TPSA) is 34.1 Å². The normalized spacial score (nSPS) is 10.4. The third kappa shape index (κ3) is 1.70. The highest BCUT2D eigenvalue weighted by Gasteiger charge is 2.29. The summed E-state index contributed by atoms with van der Waals surface area (Å²) in [5.41, 5.74) is -2.64. The third-order valence-corrected chi connectivity index (χ3v) is 1.97. The van der Waals surface area contributed by atoms with Gasteiger partial charge >= 0.3 is 0 Å². The average molecular weight is 234 g/mol. The lowest BCUT2D eigenvalue weighted by molar-refractivity contribution is 0.0983. The van der Waals surface area contributed by atoms with Crippen LogP contribution < -0.4 is 0 Å². The third-order valence-electron chi connectivity index (χ3n) is 1.97. The van der Waals surface area contributed by atoms with E-state index in [1.807, 2.05) is 0 Å². The maximum Gasteiger partial charge on any atom is 0.173 e. The zero-order valence-electron chi connectivity index (χ0n) is 8.33. The quantitative estimate of drug-likeness (QED) is 0.448. The molecule has 6 heteroatoms. The molecule has 1 aromatic rings. The SMILES string of the molecule is CC(=O)c1c(F)c(F)c(C(C)=O)c(F)c1F. The number of Topliss-reactive ketones (excluding diaryl/α,β-unsaturated/α-hetero) is 2. The highest BCUT2D eigenvalue weighted by atomic mass is 19.2. The number of benzene rings is 1. The van der Waals surface area contributed by atoms with Crippen LogP contribution in [0.25, 0.3) is 0 Å². The molecule has 0 atom stereocenters. The lowest BCUT2D eigenvalue weighted by atomic mass is 10.0. The van der Waals surface area contributed by atoms with Crippen molar-refractivity contribution < 1.29 is 27.2 Å². The summed E-state index contributed by atoms with van der Waals surface area (Å²) in [5.74, 6) is -9.73. The molecule has 1 rings (SSSR count). The molecule has 0 spiro atoms. The summed E-state index contributed by atoms with van der Waals surface area (Å²) in [7, 11) is 0. The first-order valence-corrected chi connectivity index (χ1v) is 4.16. The Kier molecular flexibility index (Phi) is 3.11. The molecule has 0 aromatic heterocycles. The monoisotopic (exact) mass is 234 g/mol. The van der Waals surface area contributed by atoms with Gasteiger partial charge in [0.25, 0.3) is 0 Å². The maximum absolute atomic E-state index is 13.2. The fraction of sp³-hybridized carbons (Fsp3) is 0.200. The minimum absolute atomic E-state index is 0.758. The van der Waals surface area contributed by atoms with E-state index in [-0.39, 0.29) is 0 Å². The minimum atomic E-state index is -1.85. The second kappa shape index (κ2) is 4.03. The molecule has 0 bridgehead atoms. The van der Waals surface area contributed by atoms with Gasteiger partial charge in [0.1, 0.15) is 0 Å². The van der Waals surface area contributed by atoms with Gasteiger partial charge in [0.15, 0.2) is 34.8 Å². The Morgan fingerprint density at radius 3 is 1.00 bits per heavy atom. The second-order valence-corrected chi connectivity index (χ2v) is 3.12. The molecular weight excluding hydrogens is 228 g/mol. The molecule has 16 heavy (non-hydrogen) atoms. The van der Waals surface area contributed by atoms with Crippen molar-refractivity contribution in [1.82, 2.24) is 0 Å². The summed E-state index contributed by atoms with van der Waals surface area (Å²) >= 11 is 0. The predicted octanol–water partition coefficient (Wildman–Crippen LogP) is 2.65. The summed E-state index contributed by atoms with van der Waals surface area (Å²) < 4.78 is 52.6. The van der Waals surface area contributed by atoms with Crippen LogP contribution in [0.5, 0.6) is 0 Å². The van der Waals surface area contributed by atoms with E-state index in [1.54, 1.807) is 0 Å². The van der Waals surface area contributed by atoms with Gasteiger partial charge in [0.05, 0.1) is 11.1 Å². The fourth-order valence-electron chi connectivity index (χ4n) is 1.25. The fourth-order valence-corrected chi connectivity index (χ4v) is 1.25. The zero-order valence-corrected chi connectivity index (χ0v) is 8.33. The number of hydrogen-bond acceptors (Lipinski definition) is 2. The van der Waals surface area contributed by atoms with Gasteiger partial charge in [-0.1, -0.05) is 0 Å². The average Bonchev–Trinajstić information content (AvgIpc) is 2.14. The van der Waals surface area contributed by atoms with Crippen molar-refractivity contribution in [3.63, 3.8) is 0 Å². The summed E-state index contributed by atoms with van der Waals surface area (Å²) in [6.45, 7) is 1.52. The molecule has 1 aromatic carbocycles. The van der Waals surface area contributed by atoms with Crippen molar-refractivity contribution >= 4 is 11.6 Å². The van der Waals surface area contributed by atoms with Gasteiger partial charge < -0.3 is 0 Å². The number of rotatable bonds is 2. The molecule has 0 saturated heterocycles. The van der Waals surface area contributed by atoms with E-state index < -0.39 is 46.0 Å². The zero-order chi connectivity index (χ0) is 12.6. The predicted molar refractivity (Wildman–Crippen MR) is 46.3 cm³/mol. The number of carbonyl (C=O) groups is 2. The van der Waals surface area contributed by atoms with Crippen LogP contribution in [-0.4, -0.2) is 11.6 Å². The van der Waals surface area contributed by atoms with E-state index >= 15 is 0 Å². The molecule has 0 fully saturated rings. The molecule has 0 unspecified atom stereocenters. The Labute approximate surface area is 87.9 Å². The Morgan fingerprint density at radius 1 is 0.688 bits per heavy atom. The van der Waals surface area contributed by atoms with Crippen LogP contribution in [0.15, 0.2) is 0 Å². The van der Waals surface area contributed by atoms with Crippen molar-refractivity contribution in [1.29, 1.82) is 0 Å². The van der Waals surface area contributed by atoms with E-state index in [0.29, 0.717) is 0 Å². The van der Waals surface area contributed by atoms with Crippen LogP contribution >= 0.6 is 0 Å². The smallest absolute Gasteiger partial charge is 0.173 e. The van der Waals surface area contributed by atoms with Crippen LogP contribution in [-0.2, 0) is 0 Å². The van der Waals surface area contributed by atoms with Gasteiger partial charge in [-0.3, -0.25) is 9.59 Å². The van der Waals surface area contributed by atoms with E-state index in [9.17, 15) is 27.2 Å². The molecule has 0 aliphatic heterocycles. The number of carbonyl (C=O) groups excluding carboxylic acids is 2. The second-order valence-electron chi connectivity index (χ2n) is 3.12. The molecule has 0 heterocycles. The van der Waals surface area contributed by atoms with Gasteiger partial charge in [-0.25, -0.2) is 17.6 Å². The maximum atomic E-state index is 13.2. The highest BCUT2D eigenvalue weighted by molar-refractivity contribution is 5.98. The van der Waals surface area contributed by atoms with Gasteiger partial charge in [0, 0.05) is 0 Å². The van der Waals surface area contributed by atoms with Crippen LogP contribution in [0.1, 0.15) is 34.6 Å². The first-order chi connectivity index (χ1) is 7.29. The first kappa shape index (κ1) is 12.4. The molecule has 0 aliphatic rings. The Hall–Kier alpha value is -1.72. The van der Waals surface area contributed by atoms with Gasteiger partial charge in [-0.05, 0) is 13.8 Å². The van der Waals surface area contributed by atoms with Crippen molar-refractivity contribution in [3.8, 4) is 0 Å². The van der Waals surface area contributed by atoms with E-state index in [2.05, 4.69) is 0 Å². The van der Waals surface area contributed by atoms with Gasteiger partial charge in [0.2, 0.25) is 0 Å². The number of halogens is 4. The summed E-state index contributed by atoms with van der Waals surface area (Å²) in [6.07, 6.45) is 0. The van der Waals surface area contributed by atoms with Crippen LogP contribution in [0, 0.1) is 23.3 Å². The standard InChI is InChI=1S/C10H6F4O2/c1-3(15)5-7(11)9(13)6(4(2)16)10(14)8(5)12/h1-2H3. The Balaban J connectivity index is 3.77. The van der Waals surface area contributed by atoms with E-state index in [1.165, 1.54) is 0 Å². The summed E-state index contributed by atoms with van der Waals surface area (Å²) in [4.78, 5) is 21.5. The molecule has 0 N–H and O–H groups in total. The van der Waals surface area contributed by atoms with E-state index in [4.69, 9.17) is 0 Å². The molecular formula is C10H6F4O2. The molecule has 0 radical (unpaired) electrons. The van der Waals surface area contributed by atoms with Gasteiger partial charge in [-0.15, -0.1) is 0 Å². The summed E-state index contributed by atoms with van der Waals surface area (Å²) in [5, 5.41) is 0. The summed E-state index contributed by atoms with van der Waals surface area (Å²) in [6, 6.07) is 0.